The Balaban J connectivity index is 1.57. The zero-order chi connectivity index (χ0) is 18.6. The van der Waals surface area contributed by atoms with Crippen LogP contribution >= 0.6 is 0 Å². The van der Waals surface area contributed by atoms with Crippen molar-refractivity contribution in [3.05, 3.63) is 84.9 Å². The molecule has 1 aliphatic heterocycles. The maximum atomic E-state index is 13.0. The number of benzene rings is 3. The molecule has 2 amide bonds. The van der Waals surface area contributed by atoms with Crippen LogP contribution < -0.4 is 10.2 Å². The van der Waals surface area contributed by atoms with Crippen LogP contribution in [-0.4, -0.2) is 18.4 Å². The van der Waals surface area contributed by atoms with Crippen molar-refractivity contribution in [1.82, 2.24) is 0 Å². The molecule has 27 heavy (non-hydrogen) atoms. The Bertz CT molecular complexity index is 954. The van der Waals surface area contributed by atoms with E-state index in [1.54, 1.807) is 4.90 Å². The third kappa shape index (κ3) is 3.47. The molecule has 134 valence electrons. The second-order valence-corrected chi connectivity index (χ2v) is 6.57. The molecular weight excluding hydrogens is 336 g/mol. The first-order valence-electron chi connectivity index (χ1n) is 9.06. The van der Waals surface area contributed by atoms with Gasteiger partial charge in [-0.25, -0.2) is 0 Å². The summed E-state index contributed by atoms with van der Waals surface area (Å²) in [7, 11) is 0. The maximum absolute atomic E-state index is 13.0. The zero-order valence-electron chi connectivity index (χ0n) is 14.8. The number of para-hydroxylation sites is 2. The Labute approximate surface area is 158 Å². The number of carbonyl (C=O) groups is 2. The number of anilines is 2. The van der Waals surface area contributed by atoms with E-state index in [4.69, 9.17) is 0 Å². The number of nitrogens with one attached hydrogen (secondary N) is 1. The second-order valence-electron chi connectivity index (χ2n) is 6.57. The largest absolute Gasteiger partial charge is 0.325 e. The lowest BCUT2D eigenvalue weighted by atomic mass is 10.0. The van der Waals surface area contributed by atoms with E-state index >= 15 is 0 Å². The van der Waals surface area contributed by atoms with Crippen molar-refractivity contribution in [1.29, 1.82) is 0 Å². The molecule has 0 aliphatic carbocycles. The van der Waals surface area contributed by atoms with Gasteiger partial charge in [0, 0.05) is 17.8 Å². The summed E-state index contributed by atoms with van der Waals surface area (Å²) in [6.07, 6.45) is 0.515. The van der Waals surface area contributed by atoms with Gasteiger partial charge in [0.15, 0.2) is 0 Å². The topological polar surface area (TPSA) is 49.4 Å². The van der Waals surface area contributed by atoms with Crippen LogP contribution in [0.15, 0.2) is 84.9 Å². The normalized spacial score (nSPS) is 16.4. The highest BCUT2D eigenvalue weighted by Gasteiger charge is 2.38. The number of carbonyl (C=O) groups excluding carboxylic acids is 2. The molecule has 0 saturated carbocycles. The summed E-state index contributed by atoms with van der Waals surface area (Å²) in [4.78, 5) is 27.3. The summed E-state index contributed by atoms with van der Waals surface area (Å²) in [6, 6.07) is 27.1. The first kappa shape index (κ1) is 17.0. The fourth-order valence-electron chi connectivity index (χ4n) is 3.48. The van der Waals surface area contributed by atoms with E-state index in [2.05, 4.69) is 5.32 Å². The molecule has 4 rings (SSSR count). The minimum Gasteiger partial charge on any atom is -0.325 e. The molecule has 4 heteroatoms. The summed E-state index contributed by atoms with van der Waals surface area (Å²) in [6.45, 7) is 0.537. The Morgan fingerprint density at radius 3 is 2.22 bits per heavy atom. The van der Waals surface area contributed by atoms with Crippen LogP contribution in [0.3, 0.4) is 0 Å². The van der Waals surface area contributed by atoms with Crippen LogP contribution in [0.25, 0.3) is 11.1 Å². The van der Waals surface area contributed by atoms with Gasteiger partial charge in [0.2, 0.25) is 11.8 Å². The molecule has 4 nitrogen and oxygen atoms in total. The maximum Gasteiger partial charge on any atom is 0.239 e. The number of hydrogen-bond acceptors (Lipinski definition) is 2. The van der Waals surface area contributed by atoms with Gasteiger partial charge in [-0.2, -0.15) is 0 Å². The highest BCUT2D eigenvalue weighted by Crippen LogP contribution is 2.34. The first-order chi connectivity index (χ1) is 13.2. The highest BCUT2D eigenvalue weighted by molar-refractivity contribution is 6.14. The Morgan fingerprint density at radius 1 is 0.852 bits per heavy atom. The molecule has 1 unspecified atom stereocenters. The van der Waals surface area contributed by atoms with Gasteiger partial charge in [-0.15, -0.1) is 0 Å². The van der Waals surface area contributed by atoms with Gasteiger partial charge in [0.05, 0.1) is 5.69 Å². The summed E-state index contributed by atoms with van der Waals surface area (Å²) in [5.41, 5.74) is 3.61. The third-order valence-corrected chi connectivity index (χ3v) is 4.84. The van der Waals surface area contributed by atoms with Crippen molar-refractivity contribution in [3.8, 4) is 11.1 Å². The van der Waals surface area contributed by atoms with Gasteiger partial charge in [-0.3, -0.25) is 9.59 Å². The molecule has 1 fully saturated rings. The molecule has 3 aromatic carbocycles. The minimum atomic E-state index is -0.658. The molecule has 1 aliphatic rings. The lowest BCUT2D eigenvalue weighted by Crippen LogP contribution is -2.33. The van der Waals surface area contributed by atoms with Crippen molar-refractivity contribution in [2.24, 2.45) is 5.92 Å². The van der Waals surface area contributed by atoms with E-state index in [9.17, 15) is 9.59 Å². The minimum absolute atomic E-state index is 0.146. The summed E-state index contributed by atoms with van der Waals surface area (Å²) in [5, 5.41) is 2.85. The van der Waals surface area contributed by atoms with Gasteiger partial charge >= 0.3 is 0 Å². The van der Waals surface area contributed by atoms with Gasteiger partial charge in [-0.1, -0.05) is 66.7 Å². The van der Waals surface area contributed by atoms with Crippen molar-refractivity contribution in [2.45, 2.75) is 6.42 Å². The van der Waals surface area contributed by atoms with Crippen molar-refractivity contribution in [3.63, 3.8) is 0 Å². The molecular formula is C23H20N2O2. The Kier molecular flexibility index (Phi) is 4.71. The van der Waals surface area contributed by atoms with E-state index < -0.39 is 5.92 Å². The number of rotatable bonds is 4. The first-order valence-corrected chi connectivity index (χ1v) is 9.06. The zero-order valence-corrected chi connectivity index (χ0v) is 14.8. The Morgan fingerprint density at radius 2 is 1.48 bits per heavy atom. The van der Waals surface area contributed by atoms with Gasteiger partial charge in [-0.05, 0) is 30.2 Å². The number of hydrogen-bond donors (Lipinski definition) is 1. The van der Waals surface area contributed by atoms with Crippen LogP contribution in [0.1, 0.15) is 6.42 Å². The van der Waals surface area contributed by atoms with E-state index in [-0.39, 0.29) is 11.8 Å². The molecule has 0 bridgehead atoms. The summed E-state index contributed by atoms with van der Waals surface area (Å²) < 4.78 is 0. The number of amides is 2. The lowest BCUT2D eigenvalue weighted by molar-refractivity contribution is -0.129. The average molecular weight is 356 g/mol. The van der Waals surface area contributed by atoms with E-state index in [1.165, 1.54) is 0 Å². The van der Waals surface area contributed by atoms with Crippen molar-refractivity contribution < 1.29 is 9.59 Å². The van der Waals surface area contributed by atoms with E-state index in [0.717, 1.165) is 16.8 Å². The fraction of sp³-hybridized carbons (Fsp3) is 0.130. The average Bonchev–Trinajstić information content (AvgIpc) is 3.11. The molecule has 0 spiro atoms. The van der Waals surface area contributed by atoms with Crippen LogP contribution in [0.5, 0.6) is 0 Å². The van der Waals surface area contributed by atoms with E-state index in [1.807, 2.05) is 84.9 Å². The summed E-state index contributed by atoms with van der Waals surface area (Å²) >= 11 is 0. The van der Waals surface area contributed by atoms with Crippen LogP contribution in [-0.2, 0) is 9.59 Å². The molecule has 1 saturated heterocycles. The Hall–Kier alpha value is -3.40. The molecule has 0 aromatic heterocycles. The second kappa shape index (κ2) is 7.46. The highest BCUT2D eigenvalue weighted by atomic mass is 16.2. The third-order valence-electron chi connectivity index (χ3n) is 4.84. The smallest absolute Gasteiger partial charge is 0.239 e. The lowest BCUT2D eigenvalue weighted by Gasteiger charge is -2.20. The molecule has 0 radical (unpaired) electrons. The van der Waals surface area contributed by atoms with Crippen LogP contribution in [0.4, 0.5) is 11.4 Å². The molecule has 1 atom stereocenters. The predicted molar refractivity (Wildman–Crippen MR) is 107 cm³/mol. The van der Waals surface area contributed by atoms with Crippen molar-refractivity contribution >= 4 is 23.2 Å². The van der Waals surface area contributed by atoms with Crippen LogP contribution in [0, 0.1) is 5.92 Å². The molecule has 1 heterocycles. The van der Waals surface area contributed by atoms with Gasteiger partial charge in [0.1, 0.15) is 5.92 Å². The standard InChI is InChI=1S/C23H20N2O2/c26-22(24-18-11-5-2-6-12-18)20-15-16-25(23(20)27)21-14-8-7-13-19(21)17-9-3-1-4-10-17/h1-14,20H,15-16H2,(H,24,26). The SMILES string of the molecule is O=C(Nc1ccccc1)C1CCN(c2ccccc2-c2ccccc2)C1=O. The number of nitrogens with zero attached hydrogens (tertiary/aromatic N) is 1. The molecule has 3 aromatic rings. The summed E-state index contributed by atoms with van der Waals surface area (Å²) in [5.74, 6) is -1.05. The monoisotopic (exact) mass is 356 g/mol. The van der Waals surface area contributed by atoms with Gasteiger partial charge in [0.25, 0.3) is 0 Å². The predicted octanol–water partition coefficient (Wildman–Crippen LogP) is 4.35. The van der Waals surface area contributed by atoms with Crippen molar-refractivity contribution in [2.75, 3.05) is 16.8 Å². The van der Waals surface area contributed by atoms with E-state index in [0.29, 0.717) is 18.7 Å². The fourth-order valence-corrected chi connectivity index (χ4v) is 3.48. The quantitative estimate of drug-likeness (QED) is 0.707. The van der Waals surface area contributed by atoms with Gasteiger partial charge < -0.3 is 10.2 Å². The molecule has 1 N–H and O–H groups in total. The van der Waals surface area contributed by atoms with Crippen LogP contribution in [0.2, 0.25) is 0 Å².